The Kier molecular flexibility index (Phi) is 35.5. The Morgan fingerprint density at radius 3 is 1.00 bits per heavy atom. The molecule has 3 nitrogen and oxygen atoms in total. The van der Waals surface area contributed by atoms with Crippen LogP contribution in [-0.2, 0) is 28.8 Å². The first-order valence-corrected chi connectivity index (χ1v) is 14.4. The van der Waals surface area contributed by atoms with Crippen LogP contribution in [0.2, 0.25) is 0 Å². The van der Waals surface area contributed by atoms with Crippen LogP contribution in [0.4, 0.5) is 0 Å². The van der Waals surface area contributed by atoms with Crippen molar-refractivity contribution in [3.8, 4) is 0 Å². The molecule has 3 aromatic rings. The molecule has 0 radical (unpaired) electrons. The molecule has 3 rings (SSSR count). The number of aryl methyl sites for hydroxylation is 3. The predicted molar refractivity (Wildman–Crippen MR) is 168 cm³/mol. The van der Waals surface area contributed by atoms with Crippen molar-refractivity contribution in [1.29, 1.82) is 0 Å². The highest BCUT2D eigenvalue weighted by atomic mass is 16.5. The lowest BCUT2D eigenvalue weighted by molar-refractivity contribution is -0.137. The topological polar surface area (TPSA) is 46.5 Å². The van der Waals surface area contributed by atoms with Crippen LogP contribution in [0, 0.1) is 0 Å². The SMILES string of the molecule is CC.CC.CCCc1ccccc1.CCCc1ccccc1.CCCc1ccccc1.COCCC(=O)O. The maximum Gasteiger partial charge on any atom is 0.305 e. The Labute approximate surface area is 235 Å². The van der Waals surface area contributed by atoms with E-state index in [2.05, 4.69) is 117 Å². The summed E-state index contributed by atoms with van der Waals surface area (Å²) in [5.41, 5.74) is 4.33. The van der Waals surface area contributed by atoms with Gasteiger partial charge in [-0.1, -0.05) is 159 Å². The summed E-state index contributed by atoms with van der Waals surface area (Å²) in [6.07, 6.45) is 7.44. The Morgan fingerprint density at radius 2 is 0.842 bits per heavy atom. The van der Waals surface area contributed by atoms with Gasteiger partial charge in [0.25, 0.3) is 0 Å². The van der Waals surface area contributed by atoms with E-state index >= 15 is 0 Å². The molecule has 0 unspecified atom stereocenters. The zero-order valence-corrected chi connectivity index (χ0v) is 25.6. The van der Waals surface area contributed by atoms with E-state index in [1.807, 2.05) is 27.7 Å². The number of hydrogen-bond donors (Lipinski definition) is 1. The average Bonchev–Trinajstić information content (AvgIpc) is 2.97. The minimum Gasteiger partial charge on any atom is -0.481 e. The molecule has 3 heteroatoms. The largest absolute Gasteiger partial charge is 0.481 e. The molecule has 0 aliphatic carbocycles. The van der Waals surface area contributed by atoms with Crippen LogP contribution in [0.25, 0.3) is 0 Å². The first-order chi connectivity index (χ1) is 18.6. The second-order valence-corrected chi connectivity index (χ2v) is 7.84. The fourth-order valence-electron chi connectivity index (χ4n) is 2.99. The predicted octanol–water partition coefficient (Wildman–Crippen LogP) is 10.1. The Bertz CT molecular complexity index is 704. The van der Waals surface area contributed by atoms with Gasteiger partial charge in [0.15, 0.2) is 0 Å². The Balaban J connectivity index is -0.000000413. The molecule has 214 valence electrons. The van der Waals surface area contributed by atoms with Gasteiger partial charge in [0.1, 0.15) is 0 Å². The normalized spacial score (nSPS) is 8.63. The van der Waals surface area contributed by atoms with Gasteiger partial charge in [-0.25, -0.2) is 0 Å². The maximum atomic E-state index is 9.68. The van der Waals surface area contributed by atoms with E-state index in [4.69, 9.17) is 5.11 Å². The molecular weight excluding hydrogens is 468 g/mol. The van der Waals surface area contributed by atoms with Crippen LogP contribution < -0.4 is 0 Å². The van der Waals surface area contributed by atoms with Crippen molar-refractivity contribution in [2.75, 3.05) is 13.7 Å². The number of ether oxygens (including phenoxy) is 1. The van der Waals surface area contributed by atoms with Crippen molar-refractivity contribution in [3.05, 3.63) is 108 Å². The van der Waals surface area contributed by atoms with Gasteiger partial charge in [-0.15, -0.1) is 0 Å². The van der Waals surface area contributed by atoms with Crippen LogP contribution in [-0.4, -0.2) is 24.8 Å². The summed E-state index contributed by atoms with van der Waals surface area (Å²) in [5, 5.41) is 7.96. The van der Waals surface area contributed by atoms with Gasteiger partial charge in [0, 0.05) is 7.11 Å². The van der Waals surface area contributed by atoms with Gasteiger partial charge in [-0.2, -0.15) is 0 Å². The third-order valence-corrected chi connectivity index (χ3v) is 4.66. The Morgan fingerprint density at radius 1 is 0.579 bits per heavy atom. The molecule has 0 heterocycles. The molecule has 0 saturated heterocycles. The van der Waals surface area contributed by atoms with Crippen molar-refractivity contribution in [2.45, 2.75) is 93.4 Å². The molecule has 0 spiro atoms. The molecule has 0 amide bonds. The van der Waals surface area contributed by atoms with Crippen molar-refractivity contribution in [1.82, 2.24) is 0 Å². The van der Waals surface area contributed by atoms with Gasteiger partial charge in [0.05, 0.1) is 13.0 Å². The van der Waals surface area contributed by atoms with Crippen LogP contribution in [0.3, 0.4) is 0 Å². The van der Waals surface area contributed by atoms with Crippen LogP contribution in [0.1, 0.15) is 90.8 Å². The van der Waals surface area contributed by atoms with Crippen molar-refractivity contribution in [3.63, 3.8) is 0 Å². The standard InChI is InChI=1S/3C9H12.C4H8O3.2C2H6/c3*1-2-6-9-7-4-3-5-8-9;1-7-3-2-4(5)6;2*1-2/h3*3-5,7-8H,2,6H2,1H3;2-3H2,1H3,(H,5,6);2*1-2H3. The molecule has 0 fully saturated rings. The van der Waals surface area contributed by atoms with E-state index in [0.29, 0.717) is 6.61 Å². The lowest BCUT2D eigenvalue weighted by atomic mass is 10.1. The highest BCUT2D eigenvalue weighted by molar-refractivity contribution is 5.66. The highest BCUT2D eigenvalue weighted by Gasteiger charge is 1.91. The molecule has 1 N–H and O–H groups in total. The number of carboxylic acids is 1. The lowest BCUT2D eigenvalue weighted by Crippen LogP contribution is -1.99. The van der Waals surface area contributed by atoms with Gasteiger partial charge >= 0.3 is 5.97 Å². The van der Waals surface area contributed by atoms with E-state index in [-0.39, 0.29) is 6.42 Å². The molecule has 0 aromatic heterocycles. The van der Waals surface area contributed by atoms with Crippen LogP contribution >= 0.6 is 0 Å². The summed E-state index contributed by atoms with van der Waals surface area (Å²) in [7, 11) is 1.48. The van der Waals surface area contributed by atoms with Crippen molar-refractivity contribution in [2.24, 2.45) is 0 Å². The Hall–Kier alpha value is -2.91. The van der Waals surface area contributed by atoms with Gasteiger partial charge in [-0.05, 0) is 36.0 Å². The van der Waals surface area contributed by atoms with E-state index < -0.39 is 5.97 Å². The molecular formula is C35H56O3. The third-order valence-electron chi connectivity index (χ3n) is 4.66. The number of carboxylic acid groups (broad SMARTS) is 1. The molecule has 0 atom stereocenters. The van der Waals surface area contributed by atoms with E-state index in [9.17, 15) is 4.79 Å². The van der Waals surface area contributed by atoms with E-state index in [1.54, 1.807) is 0 Å². The molecule has 0 aliphatic heterocycles. The number of methoxy groups -OCH3 is 1. The summed E-state index contributed by atoms with van der Waals surface area (Å²) in [6, 6.07) is 31.7. The highest BCUT2D eigenvalue weighted by Crippen LogP contribution is 2.02. The smallest absolute Gasteiger partial charge is 0.305 e. The monoisotopic (exact) mass is 524 g/mol. The number of benzene rings is 3. The van der Waals surface area contributed by atoms with Crippen LogP contribution in [0.5, 0.6) is 0 Å². The summed E-state index contributed by atoms with van der Waals surface area (Å²) >= 11 is 0. The van der Waals surface area contributed by atoms with Gasteiger partial charge in [0.2, 0.25) is 0 Å². The number of rotatable bonds is 9. The number of hydrogen-bond acceptors (Lipinski definition) is 2. The third kappa shape index (κ3) is 29.3. The number of carbonyl (C=O) groups is 1. The fraction of sp³-hybridized carbons (Fsp3) is 0.457. The summed E-state index contributed by atoms with van der Waals surface area (Å²) < 4.78 is 4.47. The summed E-state index contributed by atoms with van der Waals surface area (Å²) in [4.78, 5) is 9.68. The summed E-state index contributed by atoms with van der Waals surface area (Å²) in [5.74, 6) is -0.818. The first kappa shape index (κ1) is 39.6. The minimum atomic E-state index is -0.818. The zero-order chi connectivity index (χ0) is 29.3. The minimum absolute atomic E-state index is 0.0938. The molecule has 3 aromatic carbocycles. The van der Waals surface area contributed by atoms with Crippen molar-refractivity contribution >= 4 is 5.97 Å². The molecule has 38 heavy (non-hydrogen) atoms. The van der Waals surface area contributed by atoms with Gasteiger partial charge < -0.3 is 9.84 Å². The second-order valence-electron chi connectivity index (χ2n) is 7.84. The van der Waals surface area contributed by atoms with E-state index in [0.717, 1.165) is 0 Å². The molecule has 0 aliphatic rings. The van der Waals surface area contributed by atoms with Crippen LogP contribution in [0.15, 0.2) is 91.0 Å². The lowest BCUT2D eigenvalue weighted by Gasteiger charge is -1.93. The zero-order valence-electron chi connectivity index (χ0n) is 25.6. The summed E-state index contributed by atoms with van der Waals surface area (Å²) in [6.45, 7) is 14.9. The fourth-order valence-corrected chi connectivity index (χ4v) is 2.99. The van der Waals surface area contributed by atoms with Gasteiger partial charge in [-0.3, -0.25) is 4.79 Å². The van der Waals surface area contributed by atoms with Crippen molar-refractivity contribution < 1.29 is 14.6 Å². The quantitative estimate of drug-likeness (QED) is 0.303. The maximum absolute atomic E-state index is 9.68. The van der Waals surface area contributed by atoms with E-state index in [1.165, 1.54) is 62.3 Å². The average molecular weight is 525 g/mol. The second kappa shape index (κ2) is 34.1. The molecule has 0 bridgehead atoms. The molecule has 0 saturated carbocycles. The first-order valence-electron chi connectivity index (χ1n) is 14.4. The number of aliphatic carboxylic acids is 1.